The topological polar surface area (TPSA) is 84.4 Å². The van der Waals surface area contributed by atoms with Crippen LogP contribution in [0.15, 0.2) is 48.5 Å². The van der Waals surface area contributed by atoms with E-state index in [-0.39, 0.29) is 17.7 Å². The molecule has 0 bridgehead atoms. The minimum atomic E-state index is -0.300. The van der Waals surface area contributed by atoms with Crippen LogP contribution in [0.2, 0.25) is 0 Å². The van der Waals surface area contributed by atoms with Gasteiger partial charge >= 0.3 is 0 Å². The van der Waals surface area contributed by atoms with Gasteiger partial charge in [0.05, 0.1) is 12.2 Å². The van der Waals surface area contributed by atoms with Crippen molar-refractivity contribution in [3.8, 4) is 5.75 Å². The van der Waals surface area contributed by atoms with Gasteiger partial charge in [-0.15, -0.1) is 10.2 Å². The van der Waals surface area contributed by atoms with Crippen molar-refractivity contribution in [3.63, 3.8) is 0 Å². The van der Waals surface area contributed by atoms with E-state index in [1.165, 1.54) is 11.3 Å². The van der Waals surface area contributed by atoms with Crippen molar-refractivity contribution < 1.29 is 14.3 Å². The Kier molecular flexibility index (Phi) is 5.76. The Balaban J connectivity index is 1.46. The maximum Gasteiger partial charge on any atom is 0.261 e. The van der Waals surface area contributed by atoms with Gasteiger partial charge in [0, 0.05) is 24.6 Å². The van der Waals surface area contributed by atoms with Gasteiger partial charge in [0.1, 0.15) is 10.8 Å². The highest BCUT2D eigenvalue weighted by atomic mass is 32.1. The molecular formula is C22H22N4O3S. The second-order valence-electron chi connectivity index (χ2n) is 7.07. The second kappa shape index (κ2) is 8.62. The fraction of sp³-hybridized carbons (Fsp3) is 0.273. The zero-order valence-corrected chi connectivity index (χ0v) is 17.6. The third-order valence-corrected chi connectivity index (χ3v) is 5.88. The summed E-state index contributed by atoms with van der Waals surface area (Å²) in [5.74, 6) is 0.247. The lowest BCUT2D eigenvalue weighted by molar-refractivity contribution is -0.117. The number of ether oxygens (including phenoxy) is 1. The minimum absolute atomic E-state index is 0.0446. The van der Waals surface area contributed by atoms with Crippen LogP contribution in [0.1, 0.15) is 40.2 Å². The number of aromatic nitrogens is 2. The molecule has 0 saturated carbocycles. The van der Waals surface area contributed by atoms with Gasteiger partial charge in [0.2, 0.25) is 11.0 Å². The fourth-order valence-electron chi connectivity index (χ4n) is 3.47. The third kappa shape index (κ3) is 4.18. The summed E-state index contributed by atoms with van der Waals surface area (Å²) >= 11 is 1.30. The lowest BCUT2D eigenvalue weighted by atomic mass is 10.1. The standard InChI is InChI=1S/C22H22N4O3S/c1-3-29-18-10-5-4-9-17(18)20(28)23-22-25-24-21(30-22)15-12-19(27)26(13-15)16-8-6-7-14(2)11-16/h4-11,15H,3,12-13H2,1-2H3,(H,23,25,28). The largest absolute Gasteiger partial charge is 0.493 e. The molecule has 1 fully saturated rings. The molecule has 30 heavy (non-hydrogen) atoms. The van der Waals surface area contributed by atoms with E-state index < -0.39 is 0 Å². The molecule has 1 aliphatic heterocycles. The van der Waals surface area contributed by atoms with Crippen molar-refractivity contribution in [1.82, 2.24) is 10.2 Å². The van der Waals surface area contributed by atoms with E-state index >= 15 is 0 Å². The average molecular weight is 423 g/mol. The van der Waals surface area contributed by atoms with Crippen LogP contribution in [0.25, 0.3) is 0 Å². The first-order valence-electron chi connectivity index (χ1n) is 9.78. The molecule has 1 atom stereocenters. The van der Waals surface area contributed by atoms with Gasteiger partial charge in [0.15, 0.2) is 0 Å². The molecule has 1 aliphatic rings. The molecule has 1 aromatic heterocycles. The lowest BCUT2D eigenvalue weighted by Gasteiger charge is -2.16. The Morgan fingerprint density at radius 2 is 2.07 bits per heavy atom. The van der Waals surface area contributed by atoms with Crippen molar-refractivity contribution in [2.45, 2.75) is 26.2 Å². The van der Waals surface area contributed by atoms with Gasteiger partial charge in [-0.05, 0) is 43.7 Å². The van der Waals surface area contributed by atoms with E-state index in [9.17, 15) is 9.59 Å². The average Bonchev–Trinajstić information content (AvgIpc) is 3.35. The van der Waals surface area contributed by atoms with Crippen LogP contribution >= 0.6 is 11.3 Å². The molecule has 154 valence electrons. The van der Waals surface area contributed by atoms with Crippen LogP contribution in [0.4, 0.5) is 10.8 Å². The molecule has 1 N–H and O–H groups in total. The number of hydrogen-bond acceptors (Lipinski definition) is 6. The predicted octanol–water partition coefficient (Wildman–Crippen LogP) is 4.02. The third-order valence-electron chi connectivity index (χ3n) is 4.88. The molecule has 2 heterocycles. The van der Waals surface area contributed by atoms with Crippen molar-refractivity contribution in [1.29, 1.82) is 0 Å². The Bertz CT molecular complexity index is 1080. The highest BCUT2D eigenvalue weighted by molar-refractivity contribution is 7.15. The number of nitrogens with zero attached hydrogens (tertiary/aromatic N) is 3. The molecule has 7 nitrogen and oxygen atoms in total. The molecule has 2 aromatic carbocycles. The summed E-state index contributed by atoms with van der Waals surface area (Å²) in [6.07, 6.45) is 0.379. The zero-order chi connectivity index (χ0) is 21.1. The number of anilines is 2. The number of rotatable bonds is 6. The molecule has 0 aliphatic carbocycles. The quantitative estimate of drug-likeness (QED) is 0.649. The normalized spacial score (nSPS) is 16.0. The summed E-state index contributed by atoms with van der Waals surface area (Å²) in [6, 6.07) is 15.0. The van der Waals surface area contributed by atoms with Crippen LogP contribution in [0.5, 0.6) is 5.75 Å². The second-order valence-corrected chi connectivity index (χ2v) is 8.08. The molecule has 8 heteroatoms. The Hall–Kier alpha value is -3.26. The fourth-order valence-corrected chi connectivity index (χ4v) is 4.30. The van der Waals surface area contributed by atoms with Gasteiger partial charge in [0.25, 0.3) is 5.91 Å². The van der Waals surface area contributed by atoms with Gasteiger partial charge in [-0.3, -0.25) is 14.9 Å². The Morgan fingerprint density at radius 1 is 1.23 bits per heavy atom. The number of nitrogens with one attached hydrogen (secondary N) is 1. The smallest absolute Gasteiger partial charge is 0.261 e. The molecule has 1 unspecified atom stereocenters. The molecular weight excluding hydrogens is 400 g/mol. The highest BCUT2D eigenvalue weighted by Gasteiger charge is 2.34. The first kappa shape index (κ1) is 20.0. The van der Waals surface area contributed by atoms with Gasteiger partial charge in [-0.1, -0.05) is 35.6 Å². The van der Waals surface area contributed by atoms with Crippen molar-refractivity contribution in [2.24, 2.45) is 0 Å². The number of carbonyl (C=O) groups excluding carboxylic acids is 2. The van der Waals surface area contributed by atoms with Crippen LogP contribution in [0, 0.1) is 6.92 Å². The van der Waals surface area contributed by atoms with Crippen molar-refractivity contribution in [3.05, 3.63) is 64.7 Å². The Morgan fingerprint density at radius 3 is 2.87 bits per heavy atom. The van der Waals surface area contributed by atoms with E-state index in [1.807, 2.05) is 44.2 Å². The van der Waals surface area contributed by atoms with Gasteiger partial charge in [-0.2, -0.15) is 0 Å². The highest BCUT2D eigenvalue weighted by Crippen LogP contribution is 2.34. The minimum Gasteiger partial charge on any atom is -0.493 e. The molecule has 3 aromatic rings. The summed E-state index contributed by atoms with van der Waals surface area (Å²) in [7, 11) is 0. The zero-order valence-electron chi connectivity index (χ0n) is 16.8. The summed E-state index contributed by atoms with van der Waals surface area (Å²) < 4.78 is 5.52. The predicted molar refractivity (Wildman–Crippen MR) is 116 cm³/mol. The molecule has 1 saturated heterocycles. The van der Waals surface area contributed by atoms with Crippen LogP contribution in [-0.4, -0.2) is 35.2 Å². The van der Waals surface area contributed by atoms with E-state index in [0.29, 0.717) is 36.0 Å². The summed E-state index contributed by atoms with van der Waals surface area (Å²) in [6.45, 7) is 4.90. The van der Waals surface area contributed by atoms with E-state index in [1.54, 1.807) is 23.1 Å². The molecule has 0 radical (unpaired) electrons. The summed E-state index contributed by atoms with van der Waals surface area (Å²) in [4.78, 5) is 27.0. The van der Waals surface area contributed by atoms with E-state index in [2.05, 4.69) is 15.5 Å². The monoisotopic (exact) mass is 422 g/mol. The van der Waals surface area contributed by atoms with Gasteiger partial charge in [-0.25, -0.2) is 0 Å². The van der Waals surface area contributed by atoms with E-state index in [4.69, 9.17) is 4.74 Å². The number of aryl methyl sites for hydroxylation is 1. The number of amides is 2. The van der Waals surface area contributed by atoms with Crippen LogP contribution < -0.4 is 15.0 Å². The number of hydrogen-bond donors (Lipinski definition) is 1. The Labute approximate surface area is 178 Å². The maximum absolute atomic E-state index is 12.6. The number of para-hydroxylation sites is 1. The van der Waals surface area contributed by atoms with E-state index in [0.717, 1.165) is 16.3 Å². The maximum atomic E-state index is 12.6. The van der Waals surface area contributed by atoms with Crippen LogP contribution in [-0.2, 0) is 4.79 Å². The summed E-state index contributed by atoms with van der Waals surface area (Å²) in [5.41, 5.74) is 2.45. The van der Waals surface area contributed by atoms with Gasteiger partial charge < -0.3 is 9.64 Å². The summed E-state index contributed by atoms with van der Waals surface area (Å²) in [5, 5.41) is 12.3. The molecule has 2 amide bonds. The lowest BCUT2D eigenvalue weighted by Crippen LogP contribution is -2.24. The SMILES string of the molecule is CCOc1ccccc1C(=O)Nc1nnc(C2CC(=O)N(c3cccc(C)c3)C2)s1. The van der Waals surface area contributed by atoms with Crippen LogP contribution in [0.3, 0.4) is 0 Å². The van der Waals surface area contributed by atoms with Crippen molar-refractivity contribution in [2.75, 3.05) is 23.4 Å². The number of benzene rings is 2. The molecule has 0 spiro atoms. The first-order valence-corrected chi connectivity index (χ1v) is 10.6. The molecule has 4 rings (SSSR count). The van der Waals surface area contributed by atoms with Crippen molar-refractivity contribution >= 4 is 34.0 Å². The number of carbonyl (C=O) groups is 2. The first-order chi connectivity index (χ1) is 14.5.